The van der Waals surface area contributed by atoms with Crippen molar-refractivity contribution in [2.45, 2.75) is 33.7 Å². The molecule has 3 aromatic heterocycles. The second kappa shape index (κ2) is 5.71. The van der Waals surface area contributed by atoms with Crippen LogP contribution in [-0.4, -0.2) is 31.8 Å². The Morgan fingerprint density at radius 2 is 1.95 bits per heavy atom. The lowest BCUT2D eigenvalue weighted by molar-refractivity contribution is 0.829. The van der Waals surface area contributed by atoms with Gasteiger partial charge in [-0.2, -0.15) is 9.61 Å². The average molecular weight is 296 g/mol. The molecule has 3 heterocycles. The SMILES string of the molecule is CCc1cc(N(C)Cc2cc(C)cc(C)n2)c2nncn2n1. The van der Waals surface area contributed by atoms with Crippen molar-refractivity contribution in [1.29, 1.82) is 0 Å². The summed E-state index contributed by atoms with van der Waals surface area (Å²) in [5, 5.41) is 12.6. The van der Waals surface area contributed by atoms with Crippen LogP contribution in [0.3, 0.4) is 0 Å². The minimum Gasteiger partial charge on any atom is -0.366 e. The van der Waals surface area contributed by atoms with Gasteiger partial charge in [0.05, 0.1) is 23.6 Å². The molecule has 0 spiro atoms. The van der Waals surface area contributed by atoms with E-state index in [-0.39, 0.29) is 0 Å². The zero-order valence-electron chi connectivity index (χ0n) is 13.4. The first-order valence-electron chi connectivity index (χ1n) is 7.42. The topological polar surface area (TPSA) is 59.2 Å². The number of rotatable bonds is 4. The molecular formula is C16H20N6. The van der Waals surface area contributed by atoms with Gasteiger partial charge in [0, 0.05) is 12.7 Å². The van der Waals surface area contributed by atoms with Gasteiger partial charge < -0.3 is 4.90 Å². The lowest BCUT2D eigenvalue weighted by Crippen LogP contribution is -2.19. The normalized spacial score (nSPS) is 11.1. The predicted molar refractivity (Wildman–Crippen MR) is 86.0 cm³/mol. The Morgan fingerprint density at radius 3 is 2.68 bits per heavy atom. The van der Waals surface area contributed by atoms with Crippen molar-refractivity contribution in [2.24, 2.45) is 0 Å². The van der Waals surface area contributed by atoms with E-state index < -0.39 is 0 Å². The molecule has 0 saturated heterocycles. The van der Waals surface area contributed by atoms with E-state index in [2.05, 4.69) is 57.2 Å². The van der Waals surface area contributed by atoms with Crippen molar-refractivity contribution >= 4 is 11.3 Å². The summed E-state index contributed by atoms with van der Waals surface area (Å²) in [5.74, 6) is 0. The number of nitrogens with zero attached hydrogens (tertiary/aromatic N) is 6. The van der Waals surface area contributed by atoms with Gasteiger partial charge in [-0.3, -0.25) is 4.98 Å². The summed E-state index contributed by atoms with van der Waals surface area (Å²) in [6.07, 6.45) is 2.51. The maximum Gasteiger partial charge on any atom is 0.200 e. The first-order valence-corrected chi connectivity index (χ1v) is 7.42. The van der Waals surface area contributed by atoms with Crippen molar-refractivity contribution in [3.05, 3.63) is 47.2 Å². The number of aryl methyl sites for hydroxylation is 3. The fraction of sp³-hybridized carbons (Fsp3) is 0.375. The first kappa shape index (κ1) is 14.4. The van der Waals surface area contributed by atoms with Crippen LogP contribution in [0, 0.1) is 13.8 Å². The van der Waals surface area contributed by atoms with E-state index in [4.69, 9.17) is 0 Å². The zero-order chi connectivity index (χ0) is 15.7. The highest BCUT2D eigenvalue weighted by atomic mass is 15.4. The molecule has 0 radical (unpaired) electrons. The van der Waals surface area contributed by atoms with E-state index in [0.29, 0.717) is 0 Å². The molecular weight excluding hydrogens is 276 g/mol. The Bertz CT molecular complexity index is 787. The number of aromatic nitrogens is 5. The van der Waals surface area contributed by atoms with Gasteiger partial charge in [-0.25, -0.2) is 0 Å². The number of hydrogen-bond acceptors (Lipinski definition) is 5. The second-order valence-electron chi connectivity index (χ2n) is 5.61. The quantitative estimate of drug-likeness (QED) is 0.739. The molecule has 114 valence electrons. The van der Waals surface area contributed by atoms with Crippen LogP contribution in [0.5, 0.6) is 0 Å². The minimum absolute atomic E-state index is 0.720. The maximum absolute atomic E-state index is 4.61. The molecule has 22 heavy (non-hydrogen) atoms. The third kappa shape index (κ3) is 2.77. The molecule has 3 aromatic rings. The molecule has 3 rings (SSSR count). The lowest BCUT2D eigenvalue weighted by atomic mass is 10.2. The third-order valence-electron chi connectivity index (χ3n) is 3.62. The lowest BCUT2D eigenvalue weighted by Gasteiger charge is -2.20. The van der Waals surface area contributed by atoms with Crippen LogP contribution in [-0.2, 0) is 13.0 Å². The molecule has 0 saturated carbocycles. The van der Waals surface area contributed by atoms with Crippen molar-refractivity contribution in [1.82, 2.24) is 24.8 Å². The van der Waals surface area contributed by atoms with Gasteiger partial charge in [0.1, 0.15) is 6.33 Å². The summed E-state index contributed by atoms with van der Waals surface area (Å²) in [6.45, 7) is 6.93. The average Bonchev–Trinajstić information content (AvgIpc) is 2.93. The number of pyridine rings is 1. The van der Waals surface area contributed by atoms with Crippen LogP contribution in [0.4, 0.5) is 5.69 Å². The summed E-state index contributed by atoms with van der Waals surface area (Å²) < 4.78 is 1.74. The van der Waals surface area contributed by atoms with Crippen molar-refractivity contribution in [2.75, 3.05) is 11.9 Å². The highest BCUT2D eigenvalue weighted by molar-refractivity contribution is 5.67. The molecule has 0 aliphatic rings. The summed E-state index contributed by atoms with van der Waals surface area (Å²) in [6, 6.07) is 6.28. The van der Waals surface area contributed by atoms with Crippen LogP contribution >= 0.6 is 0 Å². The number of fused-ring (bicyclic) bond motifs is 1. The van der Waals surface area contributed by atoms with Gasteiger partial charge in [0.15, 0.2) is 0 Å². The Labute approximate surface area is 129 Å². The van der Waals surface area contributed by atoms with Gasteiger partial charge in [0.2, 0.25) is 5.65 Å². The van der Waals surface area contributed by atoms with Crippen LogP contribution in [0.25, 0.3) is 5.65 Å². The molecule has 0 aromatic carbocycles. The molecule has 6 nitrogen and oxygen atoms in total. The van der Waals surface area contributed by atoms with Crippen LogP contribution in [0.1, 0.15) is 29.6 Å². The maximum atomic E-state index is 4.61. The predicted octanol–water partition coefficient (Wildman–Crippen LogP) is 2.33. The Balaban J connectivity index is 1.97. The molecule has 0 atom stereocenters. The number of hydrogen-bond donors (Lipinski definition) is 0. The Kier molecular flexibility index (Phi) is 3.75. The molecule has 6 heteroatoms. The highest BCUT2D eigenvalue weighted by Crippen LogP contribution is 2.21. The molecule has 0 bridgehead atoms. The van der Waals surface area contributed by atoms with Gasteiger partial charge in [-0.1, -0.05) is 6.92 Å². The Hall–Kier alpha value is -2.50. The molecule has 0 N–H and O–H groups in total. The molecule has 0 unspecified atom stereocenters. The van der Waals surface area contributed by atoms with E-state index in [9.17, 15) is 0 Å². The molecule has 0 amide bonds. The van der Waals surface area contributed by atoms with Gasteiger partial charge in [-0.15, -0.1) is 10.2 Å². The van der Waals surface area contributed by atoms with E-state index >= 15 is 0 Å². The molecule has 0 aliphatic heterocycles. The van der Waals surface area contributed by atoms with Crippen LogP contribution in [0.15, 0.2) is 24.5 Å². The van der Waals surface area contributed by atoms with E-state index in [1.165, 1.54) is 5.56 Å². The summed E-state index contributed by atoms with van der Waals surface area (Å²) in [5.41, 5.74) is 6.12. The smallest absolute Gasteiger partial charge is 0.200 e. The zero-order valence-corrected chi connectivity index (χ0v) is 13.4. The molecule has 0 fully saturated rings. The number of anilines is 1. The summed E-state index contributed by atoms with van der Waals surface area (Å²) >= 11 is 0. The van der Waals surface area contributed by atoms with Crippen LogP contribution in [0.2, 0.25) is 0 Å². The monoisotopic (exact) mass is 296 g/mol. The standard InChI is InChI=1S/C16H20N6/c1-5-13-8-15(16-19-17-10-22(16)20-13)21(4)9-14-7-11(2)6-12(3)18-14/h6-8,10H,5,9H2,1-4H3. The molecule has 0 aliphatic carbocycles. The Morgan fingerprint density at radius 1 is 1.14 bits per heavy atom. The van der Waals surface area contributed by atoms with Gasteiger partial charge in [0.25, 0.3) is 0 Å². The minimum atomic E-state index is 0.720. The van der Waals surface area contributed by atoms with Crippen LogP contribution < -0.4 is 4.90 Å². The second-order valence-corrected chi connectivity index (χ2v) is 5.61. The highest BCUT2D eigenvalue weighted by Gasteiger charge is 2.12. The summed E-state index contributed by atoms with van der Waals surface area (Å²) in [7, 11) is 2.04. The fourth-order valence-electron chi connectivity index (χ4n) is 2.65. The fourth-order valence-corrected chi connectivity index (χ4v) is 2.65. The van der Waals surface area contributed by atoms with E-state index in [1.54, 1.807) is 10.8 Å². The van der Waals surface area contributed by atoms with Crippen molar-refractivity contribution < 1.29 is 0 Å². The van der Waals surface area contributed by atoms with Gasteiger partial charge in [-0.05, 0) is 44.0 Å². The van der Waals surface area contributed by atoms with Crippen molar-refractivity contribution in [3.63, 3.8) is 0 Å². The van der Waals surface area contributed by atoms with E-state index in [1.807, 2.05) is 14.0 Å². The largest absolute Gasteiger partial charge is 0.366 e. The first-order chi connectivity index (χ1) is 10.6. The third-order valence-corrected chi connectivity index (χ3v) is 3.62. The van der Waals surface area contributed by atoms with Crippen molar-refractivity contribution in [3.8, 4) is 0 Å². The van der Waals surface area contributed by atoms with E-state index in [0.717, 1.165) is 41.4 Å². The van der Waals surface area contributed by atoms with Gasteiger partial charge >= 0.3 is 0 Å². The summed E-state index contributed by atoms with van der Waals surface area (Å²) in [4.78, 5) is 6.75.